The minimum absolute atomic E-state index is 0.0152. The molecular formula is C102H81F18N3O6. The molecule has 0 unspecified atom stereocenters. The average Bonchev–Trinajstić information content (AvgIpc) is 1.49. The summed E-state index contributed by atoms with van der Waals surface area (Å²) in [5.41, 5.74) is -3.66. The van der Waals surface area contributed by atoms with E-state index in [1.165, 1.54) is 72.8 Å². The van der Waals surface area contributed by atoms with Crippen molar-refractivity contribution in [1.29, 1.82) is 0 Å². The Bertz CT molecular complexity index is 6300. The molecule has 0 bridgehead atoms. The number of hydrogen-bond donors (Lipinski definition) is 0. The van der Waals surface area contributed by atoms with E-state index in [1.807, 2.05) is 54.7 Å². The van der Waals surface area contributed by atoms with Gasteiger partial charge in [0.15, 0.2) is 0 Å². The molecule has 19 aromatic rings. The van der Waals surface area contributed by atoms with Crippen LogP contribution in [0.2, 0.25) is 0 Å². The zero-order valence-corrected chi connectivity index (χ0v) is 70.4. The number of unbranched alkanes of at least 4 members (excludes halogenated alkanes) is 6. The maximum Gasteiger partial charge on any atom is 0.416 e. The lowest BCUT2D eigenvalue weighted by molar-refractivity contribution is -0.138. The zero-order valence-electron chi connectivity index (χ0n) is 70.4. The highest BCUT2D eigenvalue weighted by Crippen LogP contribution is 2.67. The Morgan fingerprint density at radius 2 is 0.326 bits per heavy atom. The maximum atomic E-state index is 15.5. The number of nitrogens with zero attached hydrogens (tertiary/aromatic N) is 3. The quantitative estimate of drug-likeness (QED) is 0.0193. The fraction of sp³-hybridized carbons (Fsp3) is 0.294. The molecule has 9 nitrogen and oxygen atoms in total. The standard InChI is InChI=1S/C102H81F18N3O6/c1-7-13-43-124-64-49-65(125-44-14-8-2)77-82-76(64)88-70(52-19-31-58(32-20-52)97(103,104)105)71(53-21-33-59(34-22-53)98(106,107)108)90-78-66(126-45-15-9-3)50-67(127-46-16-10-4)79-83(78)86-94(121(88)90)85(82)95-87-84-80(91-73(55-25-37-61(38-26-55)100(112,113)114)72(89(77)122(91)95)54-23-35-60(36-24-54)99(109,110)111)68(128-47-17-11-5)51-69(129-48-18-12-6)81(84)93-75(57-29-41-63(42-30-57)102(118,119)120)74(92(79)123(93)96(86)87)56-27-39-62(40-28-56)101(115,116)117/h19-42,49-51H,7-18,43-48H2,1-6H3. The average molecular weight is 1790 g/mol. The van der Waals surface area contributed by atoms with E-state index in [0.717, 1.165) is 72.8 Å². The summed E-state index contributed by atoms with van der Waals surface area (Å²) in [5.74, 6) is 0.598. The highest BCUT2D eigenvalue weighted by atomic mass is 19.4. The molecule has 0 saturated carbocycles. The smallest absolute Gasteiger partial charge is 0.416 e. The molecule has 129 heavy (non-hydrogen) atoms. The van der Waals surface area contributed by atoms with E-state index in [-0.39, 0.29) is 239 Å². The lowest BCUT2D eigenvalue weighted by Gasteiger charge is -2.30. The molecule has 0 amide bonds. The Kier molecular flexibility index (Phi) is 21.2. The van der Waals surface area contributed by atoms with Gasteiger partial charge in [-0.3, -0.25) is 0 Å². The van der Waals surface area contributed by atoms with Crippen molar-refractivity contribution in [3.05, 3.63) is 197 Å². The minimum atomic E-state index is -4.95. The first-order valence-corrected chi connectivity index (χ1v) is 43.3. The molecule has 27 heteroatoms. The van der Waals surface area contributed by atoms with Gasteiger partial charge in [0.25, 0.3) is 0 Å². The molecule has 0 aliphatic rings. The predicted molar refractivity (Wildman–Crippen MR) is 469 cm³/mol. The van der Waals surface area contributed by atoms with E-state index >= 15 is 79.0 Å². The van der Waals surface area contributed by atoms with Crippen LogP contribution >= 0.6 is 0 Å². The van der Waals surface area contributed by atoms with Gasteiger partial charge in [0.2, 0.25) is 0 Å². The lowest BCUT2D eigenvalue weighted by Crippen LogP contribution is -2.11. The SMILES string of the molecule is CCCCOc1cc(OCCCC)c2c3c1c1c(-c4ccc(C(F)(F)F)cc4)c(-c4ccc(C(F)(F)F)cc4)c4c5c(OCCCC)cc(OCCCC)c6c5c5c(c3c3c7c8c(c(OCCCC)cc(OCCCC)c8c8c(-c9ccc(C(F)(F)F)cc9)c(-c9ccc(C(F)(F)F)cc9)c6n8c57)c5c(-c6ccc(C(F)(F)F)cc6)c(-c6ccc(C(F)(F)F)cc6)c2n53)n14. The fourth-order valence-electron chi connectivity index (χ4n) is 19.2. The van der Waals surface area contributed by atoms with Crippen molar-refractivity contribution in [3.8, 4) is 101 Å². The summed E-state index contributed by atoms with van der Waals surface area (Å²) in [5, 5.41) is 3.06. The Balaban J connectivity index is 1.24. The monoisotopic (exact) mass is 1790 g/mol. The van der Waals surface area contributed by atoms with Crippen molar-refractivity contribution in [3.63, 3.8) is 0 Å². The molecule has 9 aromatic heterocycles. The normalized spacial score (nSPS) is 13.2. The summed E-state index contributed by atoms with van der Waals surface area (Å²) >= 11 is 0. The van der Waals surface area contributed by atoms with Crippen LogP contribution in [0.15, 0.2) is 164 Å². The van der Waals surface area contributed by atoms with Crippen LogP contribution in [0.3, 0.4) is 0 Å². The third-order valence-electron chi connectivity index (χ3n) is 25.1. The van der Waals surface area contributed by atoms with Crippen molar-refractivity contribution in [2.45, 2.75) is 156 Å². The number of halogens is 18. The largest absolute Gasteiger partial charge is 0.493 e. The Morgan fingerprint density at radius 3 is 0.450 bits per heavy atom. The molecule has 0 fully saturated rings. The predicted octanol–water partition coefficient (Wildman–Crippen LogP) is 32.6. The highest BCUT2D eigenvalue weighted by Gasteiger charge is 2.45. The van der Waals surface area contributed by atoms with Crippen LogP contribution in [0.4, 0.5) is 79.0 Å². The molecule has 0 N–H and O–H groups in total. The molecule has 0 spiro atoms. The van der Waals surface area contributed by atoms with Crippen LogP contribution in [0.25, 0.3) is 181 Å². The number of alkyl halides is 18. The third kappa shape index (κ3) is 13.7. The van der Waals surface area contributed by atoms with E-state index in [2.05, 4.69) is 0 Å². The number of hydrogen-bond acceptors (Lipinski definition) is 6. The number of fused-ring (bicyclic) bond motifs is 6. The molecule has 9 heterocycles. The summed E-state index contributed by atoms with van der Waals surface area (Å²) < 4.78 is 328. The van der Waals surface area contributed by atoms with Crippen molar-refractivity contribution in [2.75, 3.05) is 39.6 Å². The number of benzene rings is 10. The number of pyridine rings is 6. The van der Waals surface area contributed by atoms with Gasteiger partial charge in [-0.2, -0.15) is 79.0 Å². The van der Waals surface area contributed by atoms with Gasteiger partial charge in [-0.1, -0.05) is 153 Å². The molecule has 0 aliphatic heterocycles. The van der Waals surface area contributed by atoms with Gasteiger partial charge in [0, 0.05) is 83.9 Å². The first-order chi connectivity index (χ1) is 61.7. The Labute approximate surface area is 725 Å². The van der Waals surface area contributed by atoms with Gasteiger partial charge in [-0.15, -0.1) is 0 Å². The second-order valence-corrected chi connectivity index (χ2v) is 33.2. The molecule has 0 saturated heterocycles. The Morgan fingerprint density at radius 1 is 0.186 bits per heavy atom. The third-order valence-corrected chi connectivity index (χ3v) is 25.1. The number of ether oxygens (including phenoxy) is 6. The van der Waals surface area contributed by atoms with Gasteiger partial charge in [0.05, 0.1) is 155 Å². The summed E-state index contributed by atoms with van der Waals surface area (Å²) in [7, 11) is 0. The van der Waals surface area contributed by atoms with Gasteiger partial charge >= 0.3 is 37.1 Å². The van der Waals surface area contributed by atoms with Crippen LogP contribution in [0.1, 0.15) is 152 Å². The van der Waals surface area contributed by atoms with Crippen LogP contribution in [-0.2, 0) is 37.1 Å². The highest BCUT2D eigenvalue weighted by molar-refractivity contribution is 6.52. The second-order valence-electron chi connectivity index (χ2n) is 33.2. The summed E-state index contributed by atoms with van der Waals surface area (Å²) in [4.78, 5) is 0. The lowest BCUT2D eigenvalue weighted by atomic mass is 9.86. The second kappa shape index (κ2) is 31.8. The molecule has 0 aliphatic carbocycles. The van der Waals surface area contributed by atoms with E-state index in [1.54, 1.807) is 18.2 Å². The van der Waals surface area contributed by atoms with E-state index in [4.69, 9.17) is 28.4 Å². The van der Waals surface area contributed by atoms with E-state index in [0.29, 0.717) is 93.2 Å². The van der Waals surface area contributed by atoms with Crippen LogP contribution in [0, 0.1) is 0 Å². The van der Waals surface area contributed by atoms with Crippen LogP contribution in [0.5, 0.6) is 34.5 Å². The summed E-state index contributed by atoms with van der Waals surface area (Å²) in [6.07, 6.45) is -23.9. The summed E-state index contributed by atoms with van der Waals surface area (Å²) in [6, 6.07) is 30.7. The molecule has 0 atom stereocenters. The number of rotatable bonds is 30. The minimum Gasteiger partial charge on any atom is -0.493 e. The molecule has 10 aromatic carbocycles. The van der Waals surface area contributed by atoms with Crippen molar-refractivity contribution >= 4 is 114 Å². The van der Waals surface area contributed by atoms with Gasteiger partial charge in [0.1, 0.15) is 34.5 Å². The molecular weight excluding hydrogens is 1710 g/mol. The molecule has 0 radical (unpaired) electrons. The van der Waals surface area contributed by atoms with E-state index < -0.39 is 70.4 Å². The van der Waals surface area contributed by atoms with Gasteiger partial charge < -0.3 is 41.6 Å². The first kappa shape index (κ1) is 86.0. The molecule has 666 valence electrons. The van der Waals surface area contributed by atoms with Crippen molar-refractivity contribution < 1.29 is 107 Å². The topological polar surface area (TPSA) is 68.6 Å². The first-order valence-electron chi connectivity index (χ1n) is 43.3. The van der Waals surface area contributed by atoms with E-state index in [9.17, 15) is 0 Å². The van der Waals surface area contributed by atoms with Crippen molar-refractivity contribution in [2.24, 2.45) is 0 Å². The van der Waals surface area contributed by atoms with Crippen LogP contribution in [-0.4, -0.2) is 52.8 Å². The van der Waals surface area contributed by atoms with Crippen molar-refractivity contribution in [1.82, 2.24) is 13.2 Å². The number of aromatic nitrogens is 3. The van der Waals surface area contributed by atoms with Crippen LogP contribution < -0.4 is 28.4 Å². The summed E-state index contributed by atoms with van der Waals surface area (Å²) in [6.45, 7) is 11.5. The molecule has 19 rings (SSSR count). The van der Waals surface area contributed by atoms with Gasteiger partial charge in [-0.05, 0) is 145 Å². The zero-order chi connectivity index (χ0) is 90.8. The fourth-order valence-corrected chi connectivity index (χ4v) is 19.2. The van der Waals surface area contributed by atoms with Gasteiger partial charge in [-0.25, -0.2) is 0 Å². The Hall–Kier alpha value is -12.4. The maximum absolute atomic E-state index is 15.5.